The number of hydrogen-bond donors (Lipinski definition) is 4. The van der Waals surface area contributed by atoms with E-state index in [0.29, 0.717) is 22.8 Å². The van der Waals surface area contributed by atoms with Crippen LogP contribution in [0.5, 0.6) is 0 Å². The number of halogens is 2. The van der Waals surface area contributed by atoms with Crippen molar-refractivity contribution < 1.29 is 4.39 Å². The minimum absolute atomic E-state index is 0. The van der Waals surface area contributed by atoms with Crippen molar-refractivity contribution in [3.8, 4) is 11.3 Å². The number of hydrazine groups is 1. The molecule has 1 aliphatic rings. The predicted molar refractivity (Wildman–Crippen MR) is 132 cm³/mol. The monoisotopic (exact) mass is 536 g/mol. The lowest BCUT2D eigenvalue weighted by Gasteiger charge is -2.25. The molecule has 0 radical (unpaired) electrons. The Kier molecular flexibility index (Phi) is 7.23. The minimum Gasteiger partial charge on any atom is -0.397 e. The zero-order valence-corrected chi connectivity index (χ0v) is 19.7. The van der Waals surface area contributed by atoms with Gasteiger partial charge in [-0.3, -0.25) is 0 Å². The lowest BCUT2D eigenvalue weighted by atomic mass is 10.1. The van der Waals surface area contributed by atoms with Crippen LogP contribution in [0, 0.1) is 5.82 Å². The number of benzene rings is 1. The molecule has 0 aliphatic carbocycles. The van der Waals surface area contributed by atoms with Gasteiger partial charge in [-0.05, 0) is 37.6 Å². The molecule has 1 aromatic carbocycles. The maximum absolute atomic E-state index is 14.6. The fourth-order valence-corrected chi connectivity index (χ4v) is 3.34. The number of fused-ring (bicyclic) bond motifs is 1. The Morgan fingerprint density at radius 3 is 2.77 bits per heavy atom. The van der Waals surface area contributed by atoms with Crippen LogP contribution in [0.1, 0.15) is 25.1 Å². The summed E-state index contributed by atoms with van der Waals surface area (Å²) < 4.78 is 14.6. The normalized spacial score (nSPS) is 12.8. The molecule has 3 heterocycles. The summed E-state index contributed by atoms with van der Waals surface area (Å²) in [6.07, 6.45) is 2.01. The van der Waals surface area contributed by atoms with E-state index in [2.05, 4.69) is 25.6 Å². The number of hydrogen-bond acceptors (Lipinski definition) is 8. The first kappa shape index (κ1) is 23.1. The van der Waals surface area contributed by atoms with Gasteiger partial charge in [0.2, 0.25) is 5.95 Å². The molecule has 0 saturated carbocycles. The average Bonchev–Trinajstić information content (AvgIpc) is 2.75. The Hall–Kier alpha value is -2.57. The third-order valence-corrected chi connectivity index (χ3v) is 5.04. The Morgan fingerprint density at radius 1 is 1.19 bits per heavy atom. The SMILES string of the molecule is CC(C)N(N)c1cc(-c2nc(Nc3ccc4c(n3)CCNC4)ncc2F)ccc1N.I. The Labute approximate surface area is 197 Å². The van der Waals surface area contributed by atoms with Gasteiger partial charge in [-0.2, -0.15) is 0 Å². The molecular formula is C21H26FIN8. The Morgan fingerprint density at radius 2 is 2.00 bits per heavy atom. The highest BCUT2D eigenvalue weighted by molar-refractivity contribution is 14.0. The molecule has 0 amide bonds. The van der Waals surface area contributed by atoms with Crippen LogP contribution in [0.3, 0.4) is 0 Å². The smallest absolute Gasteiger partial charge is 0.229 e. The summed E-state index contributed by atoms with van der Waals surface area (Å²) in [5.74, 6) is 6.47. The van der Waals surface area contributed by atoms with Crippen LogP contribution in [-0.4, -0.2) is 27.5 Å². The van der Waals surface area contributed by atoms with Crippen LogP contribution in [0.15, 0.2) is 36.5 Å². The molecule has 6 N–H and O–H groups in total. The molecule has 10 heteroatoms. The Bertz CT molecular complexity index is 1080. The van der Waals surface area contributed by atoms with Crippen LogP contribution in [0.25, 0.3) is 11.3 Å². The maximum atomic E-state index is 14.6. The molecule has 0 saturated heterocycles. The van der Waals surface area contributed by atoms with Gasteiger partial charge in [0.15, 0.2) is 5.82 Å². The van der Waals surface area contributed by atoms with Crippen molar-refractivity contribution in [2.75, 3.05) is 22.6 Å². The van der Waals surface area contributed by atoms with E-state index in [-0.39, 0.29) is 41.7 Å². The van der Waals surface area contributed by atoms with E-state index in [0.717, 1.165) is 31.4 Å². The number of nitrogen functional groups attached to an aromatic ring is 1. The van der Waals surface area contributed by atoms with E-state index in [1.54, 1.807) is 23.2 Å². The molecule has 8 nitrogen and oxygen atoms in total. The van der Waals surface area contributed by atoms with Crippen molar-refractivity contribution in [3.63, 3.8) is 0 Å². The number of anilines is 4. The minimum atomic E-state index is -0.533. The lowest BCUT2D eigenvalue weighted by Crippen LogP contribution is -2.37. The molecule has 0 fully saturated rings. The van der Waals surface area contributed by atoms with Gasteiger partial charge in [-0.1, -0.05) is 12.1 Å². The van der Waals surface area contributed by atoms with Gasteiger partial charge in [0.25, 0.3) is 0 Å². The molecule has 164 valence electrons. The fraction of sp³-hybridized carbons (Fsp3) is 0.286. The van der Waals surface area contributed by atoms with Crippen LogP contribution in [-0.2, 0) is 13.0 Å². The summed E-state index contributed by atoms with van der Waals surface area (Å²) in [5, 5.41) is 7.94. The predicted octanol–water partition coefficient (Wildman–Crippen LogP) is 3.36. The second-order valence-electron chi connectivity index (χ2n) is 7.52. The highest BCUT2D eigenvalue weighted by Crippen LogP contribution is 2.30. The highest BCUT2D eigenvalue weighted by Gasteiger charge is 2.16. The summed E-state index contributed by atoms with van der Waals surface area (Å²) >= 11 is 0. The number of nitrogens with two attached hydrogens (primary N) is 2. The highest BCUT2D eigenvalue weighted by atomic mass is 127. The number of nitrogens with zero attached hydrogens (tertiary/aromatic N) is 4. The largest absolute Gasteiger partial charge is 0.397 e. The number of rotatable bonds is 5. The third kappa shape index (κ3) is 5.02. The molecule has 31 heavy (non-hydrogen) atoms. The zero-order valence-electron chi connectivity index (χ0n) is 17.4. The van der Waals surface area contributed by atoms with E-state index in [4.69, 9.17) is 11.6 Å². The van der Waals surface area contributed by atoms with Crippen LogP contribution >= 0.6 is 24.0 Å². The van der Waals surface area contributed by atoms with Crippen molar-refractivity contribution in [2.45, 2.75) is 32.9 Å². The fourth-order valence-electron chi connectivity index (χ4n) is 3.34. The van der Waals surface area contributed by atoms with Crippen LogP contribution in [0.2, 0.25) is 0 Å². The van der Waals surface area contributed by atoms with Gasteiger partial charge in [-0.25, -0.2) is 25.2 Å². The van der Waals surface area contributed by atoms with Crippen molar-refractivity contribution in [1.29, 1.82) is 0 Å². The van der Waals surface area contributed by atoms with Crippen LogP contribution < -0.4 is 27.2 Å². The molecule has 2 aromatic heterocycles. The topological polar surface area (TPSA) is 118 Å². The first-order valence-corrected chi connectivity index (χ1v) is 9.85. The van der Waals surface area contributed by atoms with Gasteiger partial charge in [0.05, 0.1) is 17.6 Å². The summed E-state index contributed by atoms with van der Waals surface area (Å²) in [7, 11) is 0. The summed E-state index contributed by atoms with van der Waals surface area (Å²) in [6, 6.07) is 9.06. The van der Waals surface area contributed by atoms with Crippen molar-refractivity contribution in [2.24, 2.45) is 5.84 Å². The molecule has 0 atom stereocenters. The van der Waals surface area contributed by atoms with Crippen molar-refractivity contribution in [1.82, 2.24) is 20.3 Å². The molecule has 1 aliphatic heterocycles. The molecule has 0 spiro atoms. The van der Waals surface area contributed by atoms with E-state index in [1.807, 2.05) is 26.0 Å². The van der Waals surface area contributed by atoms with Gasteiger partial charge in [-0.15, -0.1) is 24.0 Å². The first-order valence-electron chi connectivity index (χ1n) is 9.85. The Balaban J connectivity index is 0.00000272. The van der Waals surface area contributed by atoms with Crippen molar-refractivity contribution >= 4 is 47.1 Å². The molecule has 3 aromatic rings. The average molecular weight is 536 g/mol. The summed E-state index contributed by atoms with van der Waals surface area (Å²) in [6.45, 7) is 5.60. The van der Waals surface area contributed by atoms with Crippen molar-refractivity contribution in [3.05, 3.63) is 53.6 Å². The van der Waals surface area contributed by atoms with Crippen LogP contribution in [0.4, 0.5) is 27.5 Å². The standard InChI is InChI=1S/C21H25FN8.HI/c1-12(2)30(24)18-9-13(3-5-16(18)23)20-15(22)11-26-21(29-20)28-19-6-4-14-10-25-8-7-17(14)27-19;/h3-6,9,11-12,25H,7-8,10,23-24H2,1-2H3,(H,26,27,28,29);1H. The van der Waals surface area contributed by atoms with Gasteiger partial charge < -0.3 is 21.4 Å². The second kappa shape index (κ2) is 9.71. The first-order chi connectivity index (χ1) is 14.4. The molecule has 4 rings (SSSR count). The zero-order chi connectivity index (χ0) is 21.3. The second-order valence-corrected chi connectivity index (χ2v) is 7.52. The van der Waals surface area contributed by atoms with E-state index >= 15 is 0 Å². The number of nitrogens with one attached hydrogen (secondary N) is 2. The molecule has 0 unspecified atom stereocenters. The van der Waals surface area contributed by atoms with E-state index in [1.165, 1.54) is 5.56 Å². The quantitative estimate of drug-likeness (QED) is 0.170. The molecule has 0 bridgehead atoms. The maximum Gasteiger partial charge on any atom is 0.229 e. The summed E-state index contributed by atoms with van der Waals surface area (Å²) in [5.41, 5.74) is 10.1. The van der Waals surface area contributed by atoms with E-state index in [9.17, 15) is 4.39 Å². The number of pyridine rings is 1. The molecular weight excluding hydrogens is 510 g/mol. The third-order valence-electron chi connectivity index (χ3n) is 5.04. The summed E-state index contributed by atoms with van der Waals surface area (Å²) in [4.78, 5) is 13.1. The lowest BCUT2D eigenvalue weighted by molar-refractivity contribution is 0.618. The van der Waals surface area contributed by atoms with Gasteiger partial charge in [0.1, 0.15) is 11.5 Å². The number of aromatic nitrogens is 3. The van der Waals surface area contributed by atoms with E-state index < -0.39 is 5.82 Å². The van der Waals surface area contributed by atoms with Gasteiger partial charge in [0, 0.05) is 36.8 Å². The van der Waals surface area contributed by atoms with Gasteiger partial charge >= 0.3 is 0 Å².